The van der Waals surface area contributed by atoms with Crippen LogP contribution in [0.15, 0.2) is 29.3 Å². The van der Waals surface area contributed by atoms with E-state index in [1.54, 1.807) is 14.0 Å². The highest BCUT2D eigenvalue weighted by Crippen LogP contribution is 2.21. The number of rotatable bonds is 6. The van der Waals surface area contributed by atoms with Crippen LogP contribution < -0.4 is 10.6 Å². The molecule has 0 saturated carbocycles. The zero-order chi connectivity index (χ0) is 15.9. The fourth-order valence-corrected chi connectivity index (χ4v) is 2.77. The maximum Gasteiger partial charge on any atom is 0.191 e. The van der Waals surface area contributed by atoms with Gasteiger partial charge in [0, 0.05) is 24.4 Å². The van der Waals surface area contributed by atoms with E-state index in [1.165, 1.54) is 0 Å². The second-order valence-electron chi connectivity index (χ2n) is 4.62. The third kappa shape index (κ3) is 5.93. The van der Waals surface area contributed by atoms with E-state index in [-0.39, 0.29) is 17.5 Å². The van der Waals surface area contributed by atoms with Crippen LogP contribution in [0.5, 0.6) is 0 Å². The highest BCUT2D eigenvalue weighted by atomic mass is 35.5. The van der Waals surface area contributed by atoms with Gasteiger partial charge in [0.2, 0.25) is 0 Å². The first kappa shape index (κ1) is 17.8. The van der Waals surface area contributed by atoms with Crippen molar-refractivity contribution in [2.45, 2.75) is 19.9 Å². The summed E-state index contributed by atoms with van der Waals surface area (Å²) >= 11 is 6.15. The number of hydrogen-bond acceptors (Lipinski definition) is 3. The Hall–Kier alpha value is -1.27. The zero-order valence-corrected chi connectivity index (χ0v) is 14.1. The summed E-state index contributed by atoms with van der Waals surface area (Å²) in [5.41, 5.74) is 0.961. The highest BCUT2D eigenvalue weighted by molar-refractivity contribution is 7.91. The summed E-state index contributed by atoms with van der Waals surface area (Å²) in [6.07, 6.45) is 0. The van der Waals surface area contributed by atoms with Crippen molar-refractivity contribution in [2.24, 2.45) is 4.99 Å². The second-order valence-corrected chi connectivity index (χ2v) is 7.50. The summed E-state index contributed by atoms with van der Waals surface area (Å²) in [6.45, 7) is 3.93. The van der Waals surface area contributed by atoms with Gasteiger partial charge in [0.15, 0.2) is 15.8 Å². The molecule has 0 aliphatic heterocycles. The first-order valence-electron chi connectivity index (χ1n) is 6.81. The molecule has 1 aromatic carbocycles. The van der Waals surface area contributed by atoms with E-state index in [4.69, 9.17) is 11.6 Å². The fraction of sp³-hybridized carbons (Fsp3) is 0.500. The lowest BCUT2D eigenvalue weighted by Gasteiger charge is -2.19. The van der Waals surface area contributed by atoms with Gasteiger partial charge in [-0.25, -0.2) is 8.42 Å². The standard InChI is InChI=1S/C14H22ClN3O2S/c1-4-21(19,20)10-9-17-14(16-3)18-11(2)12-7-5-6-8-13(12)15/h5-8,11H,4,9-10H2,1-3H3,(H2,16,17,18)/t11-/m1/s1. The van der Waals surface area contributed by atoms with Crippen LogP contribution in [-0.2, 0) is 9.84 Å². The van der Waals surface area contributed by atoms with Crippen LogP contribution >= 0.6 is 11.6 Å². The monoisotopic (exact) mass is 331 g/mol. The Balaban J connectivity index is 2.57. The number of hydrogen-bond donors (Lipinski definition) is 2. The summed E-state index contributed by atoms with van der Waals surface area (Å²) in [5.74, 6) is 0.787. The number of aliphatic imine (C=N–C) groups is 1. The van der Waals surface area contributed by atoms with Crippen LogP contribution in [-0.4, -0.2) is 39.5 Å². The van der Waals surface area contributed by atoms with Crippen molar-refractivity contribution in [3.05, 3.63) is 34.9 Å². The van der Waals surface area contributed by atoms with Crippen molar-refractivity contribution in [3.8, 4) is 0 Å². The van der Waals surface area contributed by atoms with Gasteiger partial charge < -0.3 is 10.6 Å². The molecule has 2 N–H and O–H groups in total. The Morgan fingerprint density at radius 1 is 1.38 bits per heavy atom. The lowest BCUT2D eigenvalue weighted by molar-refractivity contribution is 0.595. The van der Waals surface area contributed by atoms with Gasteiger partial charge in [-0.15, -0.1) is 0 Å². The summed E-state index contributed by atoms with van der Waals surface area (Å²) in [5, 5.41) is 6.87. The van der Waals surface area contributed by atoms with Gasteiger partial charge in [-0.1, -0.05) is 36.7 Å². The molecule has 0 aliphatic carbocycles. The predicted octanol–water partition coefficient (Wildman–Crippen LogP) is 2.00. The molecule has 0 aromatic heterocycles. The molecule has 0 bridgehead atoms. The van der Waals surface area contributed by atoms with Crippen LogP contribution in [0.3, 0.4) is 0 Å². The molecular formula is C14H22ClN3O2S. The molecule has 0 radical (unpaired) electrons. The van der Waals surface area contributed by atoms with Crippen LogP contribution in [0.25, 0.3) is 0 Å². The van der Waals surface area contributed by atoms with Crippen molar-refractivity contribution in [3.63, 3.8) is 0 Å². The van der Waals surface area contributed by atoms with Crippen molar-refractivity contribution < 1.29 is 8.42 Å². The van der Waals surface area contributed by atoms with Crippen molar-refractivity contribution >= 4 is 27.4 Å². The molecule has 1 rings (SSSR count). The van der Waals surface area contributed by atoms with Gasteiger partial charge >= 0.3 is 0 Å². The summed E-state index contributed by atoms with van der Waals surface area (Å²) in [4.78, 5) is 4.09. The lowest BCUT2D eigenvalue weighted by atomic mass is 10.1. The Morgan fingerprint density at radius 2 is 2.05 bits per heavy atom. The van der Waals surface area contributed by atoms with Gasteiger partial charge in [0.1, 0.15) is 0 Å². The van der Waals surface area contributed by atoms with Crippen LogP contribution in [0.4, 0.5) is 0 Å². The Morgan fingerprint density at radius 3 is 2.62 bits per heavy atom. The second kappa shape index (κ2) is 8.24. The van der Waals surface area contributed by atoms with E-state index in [2.05, 4.69) is 15.6 Å². The lowest BCUT2D eigenvalue weighted by Crippen LogP contribution is -2.40. The molecule has 118 valence electrons. The molecule has 21 heavy (non-hydrogen) atoms. The highest BCUT2D eigenvalue weighted by Gasteiger charge is 2.12. The van der Waals surface area contributed by atoms with Crippen LogP contribution in [0.1, 0.15) is 25.5 Å². The number of guanidine groups is 1. The molecule has 1 aromatic rings. The van der Waals surface area contributed by atoms with Gasteiger partial charge in [-0.2, -0.15) is 0 Å². The Bertz CT molecular complexity index is 588. The molecule has 0 fully saturated rings. The average Bonchev–Trinajstić information content (AvgIpc) is 2.46. The number of nitrogens with one attached hydrogen (secondary N) is 2. The molecule has 0 unspecified atom stereocenters. The van der Waals surface area contributed by atoms with E-state index in [0.29, 0.717) is 17.5 Å². The van der Waals surface area contributed by atoms with E-state index in [0.717, 1.165) is 5.56 Å². The Labute approximate surface area is 131 Å². The van der Waals surface area contributed by atoms with Gasteiger partial charge in [0.25, 0.3) is 0 Å². The molecule has 0 spiro atoms. The summed E-state index contributed by atoms with van der Waals surface area (Å²) < 4.78 is 22.9. The van der Waals surface area contributed by atoms with Crippen molar-refractivity contribution in [1.29, 1.82) is 0 Å². The predicted molar refractivity (Wildman–Crippen MR) is 88.7 cm³/mol. The van der Waals surface area contributed by atoms with E-state index >= 15 is 0 Å². The number of halogens is 1. The minimum atomic E-state index is -2.98. The van der Waals surface area contributed by atoms with Gasteiger partial charge in [0.05, 0.1) is 11.8 Å². The first-order valence-corrected chi connectivity index (χ1v) is 9.01. The van der Waals surface area contributed by atoms with Crippen LogP contribution in [0.2, 0.25) is 5.02 Å². The maximum absolute atomic E-state index is 11.4. The normalized spacial score (nSPS) is 13.8. The van der Waals surface area contributed by atoms with Crippen molar-refractivity contribution in [1.82, 2.24) is 10.6 Å². The van der Waals surface area contributed by atoms with Crippen LogP contribution in [0, 0.1) is 0 Å². The minimum Gasteiger partial charge on any atom is -0.355 e. The smallest absolute Gasteiger partial charge is 0.191 e. The van der Waals surface area contributed by atoms with Crippen molar-refractivity contribution in [2.75, 3.05) is 25.1 Å². The molecule has 1 atom stereocenters. The molecule has 0 amide bonds. The Kier molecular flexibility index (Phi) is 6.98. The van der Waals surface area contributed by atoms with E-state index in [9.17, 15) is 8.42 Å². The molecule has 0 saturated heterocycles. The fourth-order valence-electron chi connectivity index (χ4n) is 1.77. The third-order valence-electron chi connectivity index (χ3n) is 3.09. The summed E-state index contributed by atoms with van der Waals surface area (Å²) in [6, 6.07) is 7.53. The quantitative estimate of drug-likeness (QED) is 0.618. The number of nitrogens with zero attached hydrogens (tertiary/aromatic N) is 1. The number of benzene rings is 1. The zero-order valence-electron chi connectivity index (χ0n) is 12.6. The molecule has 5 nitrogen and oxygen atoms in total. The largest absolute Gasteiger partial charge is 0.355 e. The molecule has 0 aliphatic rings. The molecular weight excluding hydrogens is 310 g/mol. The van der Waals surface area contributed by atoms with Gasteiger partial charge in [-0.05, 0) is 18.6 Å². The van der Waals surface area contributed by atoms with E-state index < -0.39 is 9.84 Å². The topological polar surface area (TPSA) is 70.6 Å². The molecule has 7 heteroatoms. The SMILES string of the molecule is CCS(=O)(=O)CCNC(=NC)N[C@H](C)c1ccccc1Cl. The molecule has 0 heterocycles. The van der Waals surface area contributed by atoms with E-state index in [1.807, 2.05) is 31.2 Å². The average molecular weight is 332 g/mol. The minimum absolute atomic E-state index is 0.0346. The number of sulfone groups is 1. The first-order chi connectivity index (χ1) is 9.89. The summed E-state index contributed by atoms with van der Waals surface area (Å²) in [7, 11) is -1.34. The van der Waals surface area contributed by atoms with Gasteiger partial charge in [-0.3, -0.25) is 4.99 Å². The third-order valence-corrected chi connectivity index (χ3v) is 5.14. The maximum atomic E-state index is 11.4.